The van der Waals surface area contributed by atoms with Crippen LogP contribution in [0.5, 0.6) is 0 Å². The molecule has 0 saturated carbocycles. The molecule has 9 heteroatoms. The fourth-order valence-electron chi connectivity index (χ4n) is 3.40. The summed E-state index contributed by atoms with van der Waals surface area (Å²) in [4.78, 5) is 8.60. The van der Waals surface area contributed by atoms with Crippen LogP contribution in [0.25, 0.3) is 0 Å². The first-order chi connectivity index (χ1) is 14.2. The number of thiophene rings is 1. The quantitative estimate of drug-likeness (QED) is 0.367. The number of aromatic nitrogens is 3. The predicted octanol–water partition coefficient (Wildman–Crippen LogP) is 1.92. The zero-order chi connectivity index (χ0) is 20.5. The SMILES string of the molecule is COCCCN1CCC(NC(=NCc2nnc(C)n2C)NCc2cccs2)CC1. The Morgan fingerprint density at radius 1 is 1.34 bits per heavy atom. The lowest BCUT2D eigenvalue weighted by molar-refractivity contribution is 0.155. The third-order valence-electron chi connectivity index (χ3n) is 5.32. The van der Waals surface area contributed by atoms with Crippen LogP contribution in [0.4, 0.5) is 0 Å². The van der Waals surface area contributed by atoms with E-state index in [1.165, 1.54) is 4.88 Å². The number of ether oxygens (including phenoxy) is 1. The van der Waals surface area contributed by atoms with Gasteiger partial charge in [0.2, 0.25) is 0 Å². The van der Waals surface area contributed by atoms with Crippen LogP contribution in [0.1, 0.15) is 35.8 Å². The average Bonchev–Trinajstić information content (AvgIpc) is 3.36. The van der Waals surface area contributed by atoms with E-state index in [1.54, 1.807) is 18.4 Å². The third kappa shape index (κ3) is 6.80. The number of guanidine groups is 1. The second-order valence-corrected chi connectivity index (χ2v) is 8.46. The Kier molecular flexibility index (Phi) is 8.45. The molecule has 0 aromatic carbocycles. The highest BCUT2D eigenvalue weighted by Gasteiger charge is 2.20. The van der Waals surface area contributed by atoms with Gasteiger partial charge in [0.05, 0.1) is 6.54 Å². The van der Waals surface area contributed by atoms with Crippen molar-refractivity contribution < 1.29 is 4.74 Å². The Balaban J connectivity index is 1.55. The lowest BCUT2D eigenvalue weighted by atomic mass is 10.1. The molecule has 0 amide bonds. The first-order valence-electron chi connectivity index (χ1n) is 10.3. The fourth-order valence-corrected chi connectivity index (χ4v) is 4.05. The summed E-state index contributed by atoms with van der Waals surface area (Å²) in [5.41, 5.74) is 0. The van der Waals surface area contributed by atoms with Gasteiger partial charge in [-0.2, -0.15) is 0 Å². The lowest BCUT2D eigenvalue weighted by Crippen LogP contribution is -2.48. The molecule has 8 nitrogen and oxygen atoms in total. The monoisotopic (exact) mass is 419 g/mol. The summed E-state index contributed by atoms with van der Waals surface area (Å²) < 4.78 is 7.15. The van der Waals surface area contributed by atoms with Crippen molar-refractivity contribution in [2.75, 3.05) is 33.4 Å². The van der Waals surface area contributed by atoms with Crippen molar-refractivity contribution in [3.05, 3.63) is 34.0 Å². The maximum Gasteiger partial charge on any atom is 0.192 e. The number of aliphatic imine (C=N–C) groups is 1. The zero-order valence-corrected chi connectivity index (χ0v) is 18.5. The topological polar surface area (TPSA) is 79.6 Å². The number of likely N-dealkylation sites (tertiary alicyclic amines) is 1. The van der Waals surface area contributed by atoms with Gasteiger partial charge in [0.1, 0.15) is 12.4 Å². The summed E-state index contributed by atoms with van der Waals surface area (Å²) in [5.74, 6) is 2.61. The highest BCUT2D eigenvalue weighted by atomic mass is 32.1. The maximum atomic E-state index is 5.16. The fraction of sp³-hybridized carbons (Fsp3) is 0.650. The summed E-state index contributed by atoms with van der Waals surface area (Å²) in [5, 5.41) is 17.6. The molecule has 2 aromatic heterocycles. The smallest absolute Gasteiger partial charge is 0.192 e. The molecule has 160 valence electrons. The van der Waals surface area contributed by atoms with Gasteiger partial charge in [0, 0.05) is 51.3 Å². The van der Waals surface area contributed by atoms with E-state index in [2.05, 4.69) is 43.2 Å². The van der Waals surface area contributed by atoms with Crippen molar-refractivity contribution in [2.24, 2.45) is 12.0 Å². The standard InChI is InChI=1S/C20H33N7OS/c1-16-24-25-19(26(16)2)15-22-20(21-14-18-6-4-13-29-18)23-17-7-10-27(11-8-17)9-5-12-28-3/h4,6,13,17H,5,7-12,14-15H2,1-3H3,(H2,21,22,23). The predicted molar refractivity (Wildman–Crippen MR) is 117 cm³/mol. The number of piperidine rings is 1. The summed E-state index contributed by atoms with van der Waals surface area (Å²) >= 11 is 1.75. The van der Waals surface area contributed by atoms with Crippen LogP contribution in [0.3, 0.4) is 0 Å². The van der Waals surface area contributed by atoms with Crippen molar-refractivity contribution in [3.8, 4) is 0 Å². The molecule has 2 aromatic rings. The zero-order valence-electron chi connectivity index (χ0n) is 17.7. The molecule has 2 N–H and O–H groups in total. The van der Waals surface area contributed by atoms with Gasteiger partial charge in [-0.1, -0.05) is 6.07 Å². The molecule has 29 heavy (non-hydrogen) atoms. The Bertz CT molecular complexity index is 751. The Labute approximate surface area is 177 Å². The van der Waals surface area contributed by atoms with E-state index < -0.39 is 0 Å². The van der Waals surface area contributed by atoms with Gasteiger partial charge >= 0.3 is 0 Å². The van der Waals surface area contributed by atoms with Crippen molar-refractivity contribution in [2.45, 2.75) is 45.3 Å². The maximum absolute atomic E-state index is 5.16. The average molecular weight is 420 g/mol. The summed E-state index contributed by atoms with van der Waals surface area (Å²) in [6, 6.07) is 4.65. The van der Waals surface area contributed by atoms with Gasteiger partial charge in [0.15, 0.2) is 11.8 Å². The number of nitrogens with one attached hydrogen (secondary N) is 2. The van der Waals surface area contributed by atoms with Gasteiger partial charge in [-0.25, -0.2) is 4.99 Å². The lowest BCUT2D eigenvalue weighted by Gasteiger charge is -2.33. The number of hydrogen-bond donors (Lipinski definition) is 2. The molecule has 0 unspecified atom stereocenters. The molecule has 0 aliphatic carbocycles. The molecule has 1 fully saturated rings. The molecule has 1 saturated heterocycles. The van der Waals surface area contributed by atoms with E-state index in [0.717, 1.165) is 69.7 Å². The van der Waals surface area contributed by atoms with Crippen LogP contribution < -0.4 is 10.6 Å². The molecule has 3 rings (SSSR count). The van der Waals surface area contributed by atoms with E-state index in [1.807, 2.05) is 18.5 Å². The van der Waals surface area contributed by atoms with Crippen LogP contribution in [-0.4, -0.2) is 65.0 Å². The number of nitrogens with zero attached hydrogens (tertiary/aromatic N) is 5. The molecule has 3 heterocycles. The van der Waals surface area contributed by atoms with Crippen molar-refractivity contribution in [1.29, 1.82) is 0 Å². The van der Waals surface area contributed by atoms with E-state index in [4.69, 9.17) is 9.73 Å². The van der Waals surface area contributed by atoms with Gasteiger partial charge in [0.25, 0.3) is 0 Å². The first kappa shape index (κ1) is 21.7. The highest BCUT2D eigenvalue weighted by molar-refractivity contribution is 7.09. The van der Waals surface area contributed by atoms with Crippen LogP contribution >= 0.6 is 11.3 Å². The first-order valence-corrected chi connectivity index (χ1v) is 11.2. The van der Waals surface area contributed by atoms with Crippen molar-refractivity contribution in [1.82, 2.24) is 30.3 Å². The molecular formula is C20H33N7OS. The van der Waals surface area contributed by atoms with E-state index >= 15 is 0 Å². The summed E-state index contributed by atoms with van der Waals surface area (Å²) in [6.07, 6.45) is 3.34. The molecule has 1 aliphatic rings. The number of methoxy groups -OCH3 is 1. The summed E-state index contributed by atoms with van der Waals surface area (Å²) in [7, 11) is 3.74. The van der Waals surface area contributed by atoms with E-state index in [-0.39, 0.29) is 0 Å². The Hall–Kier alpha value is -1.97. The minimum Gasteiger partial charge on any atom is -0.385 e. The number of rotatable bonds is 9. The Morgan fingerprint density at radius 2 is 2.17 bits per heavy atom. The van der Waals surface area contributed by atoms with Crippen molar-refractivity contribution in [3.63, 3.8) is 0 Å². The van der Waals surface area contributed by atoms with Gasteiger partial charge in [-0.05, 0) is 37.6 Å². The highest BCUT2D eigenvalue weighted by Crippen LogP contribution is 2.11. The second-order valence-electron chi connectivity index (χ2n) is 7.43. The van der Waals surface area contributed by atoms with Gasteiger partial charge in [-0.3, -0.25) is 0 Å². The normalized spacial score (nSPS) is 16.3. The molecule has 0 radical (unpaired) electrons. The second kappa shape index (κ2) is 11.3. The van der Waals surface area contributed by atoms with E-state index in [0.29, 0.717) is 12.6 Å². The largest absolute Gasteiger partial charge is 0.385 e. The van der Waals surface area contributed by atoms with Crippen LogP contribution in [0, 0.1) is 6.92 Å². The third-order valence-corrected chi connectivity index (χ3v) is 6.20. The van der Waals surface area contributed by atoms with Gasteiger partial charge < -0.3 is 24.8 Å². The molecular weight excluding hydrogens is 386 g/mol. The number of hydrogen-bond acceptors (Lipinski definition) is 6. The molecule has 0 spiro atoms. The number of aryl methyl sites for hydroxylation is 1. The summed E-state index contributed by atoms with van der Waals surface area (Å²) in [6.45, 7) is 7.41. The van der Waals surface area contributed by atoms with E-state index in [9.17, 15) is 0 Å². The van der Waals surface area contributed by atoms with Crippen LogP contribution in [0.15, 0.2) is 22.5 Å². The van der Waals surface area contributed by atoms with Crippen LogP contribution in [-0.2, 0) is 24.9 Å². The van der Waals surface area contributed by atoms with Gasteiger partial charge in [-0.15, -0.1) is 21.5 Å². The molecule has 1 aliphatic heterocycles. The van der Waals surface area contributed by atoms with Crippen LogP contribution in [0.2, 0.25) is 0 Å². The van der Waals surface area contributed by atoms with Crippen molar-refractivity contribution >= 4 is 17.3 Å². The molecule has 0 atom stereocenters. The molecule has 0 bridgehead atoms. The minimum absolute atomic E-state index is 0.435. The Morgan fingerprint density at radius 3 is 2.83 bits per heavy atom. The minimum atomic E-state index is 0.435.